The summed E-state index contributed by atoms with van der Waals surface area (Å²) in [5.74, 6) is 0.328. The third-order valence-electron chi connectivity index (χ3n) is 5.20. The fourth-order valence-corrected chi connectivity index (χ4v) is 5.21. The molecule has 0 atom stereocenters. The molecule has 0 aliphatic heterocycles. The zero-order valence-electron chi connectivity index (χ0n) is 16.8. The summed E-state index contributed by atoms with van der Waals surface area (Å²) in [4.78, 5) is 27.2. The van der Waals surface area contributed by atoms with E-state index in [1.165, 1.54) is 48.7 Å². The number of amides is 2. The molecule has 156 valence electrons. The van der Waals surface area contributed by atoms with Crippen molar-refractivity contribution in [2.24, 2.45) is 0 Å². The molecule has 1 aromatic heterocycles. The molecule has 4 nitrogen and oxygen atoms in total. The van der Waals surface area contributed by atoms with E-state index in [9.17, 15) is 9.59 Å². The van der Waals surface area contributed by atoms with Crippen LogP contribution in [0.3, 0.4) is 0 Å². The molecule has 1 aliphatic carbocycles. The van der Waals surface area contributed by atoms with Crippen LogP contribution < -0.4 is 10.6 Å². The average molecular weight is 431 g/mol. The van der Waals surface area contributed by atoms with Crippen LogP contribution in [0.2, 0.25) is 0 Å². The van der Waals surface area contributed by atoms with E-state index in [0.717, 1.165) is 24.2 Å². The molecule has 1 aliphatic rings. The van der Waals surface area contributed by atoms with Crippen LogP contribution in [-0.2, 0) is 11.2 Å². The van der Waals surface area contributed by atoms with Gasteiger partial charge in [0.2, 0.25) is 5.91 Å². The van der Waals surface area contributed by atoms with Gasteiger partial charge < -0.3 is 10.6 Å². The minimum atomic E-state index is -0.0786. The largest absolute Gasteiger partial charge is 0.353 e. The van der Waals surface area contributed by atoms with Gasteiger partial charge in [0.25, 0.3) is 5.91 Å². The Hall–Kier alpha value is -1.79. The molecule has 0 bridgehead atoms. The Balaban J connectivity index is 1.47. The SMILES string of the molecule is O=C(CSc1ccccc1C(=O)NCCc1cccs1)NC1CCCCCCC1. The highest BCUT2D eigenvalue weighted by Gasteiger charge is 2.16. The third kappa shape index (κ3) is 7.52. The lowest BCUT2D eigenvalue weighted by atomic mass is 9.97. The minimum Gasteiger partial charge on any atom is -0.353 e. The van der Waals surface area contributed by atoms with Crippen molar-refractivity contribution in [2.45, 2.75) is 62.3 Å². The van der Waals surface area contributed by atoms with E-state index in [1.54, 1.807) is 11.3 Å². The van der Waals surface area contributed by atoms with E-state index in [0.29, 0.717) is 23.9 Å². The average Bonchev–Trinajstić information content (AvgIpc) is 3.22. The molecule has 1 heterocycles. The van der Waals surface area contributed by atoms with E-state index in [1.807, 2.05) is 35.7 Å². The number of thiophene rings is 1. The molecule has 3 rings (SSSR count). The van der Waals surface area contributed by atoms with Gasteiger partial charge in [-0.15, -0.1) is 23.1 Å². The molecule has 2 N–H and O–H groups in total. The van der Waals surface area contributed by atoms with Gasteiger partial charge in [-0.1, -0.05) is 50.3 Å². The van der Waals surface area contributed by atoms with Crippen molar-refractivity contribution in [3.63, 3.8) is 0 Å². The van der Waals surface area contributed by atoms with E-state index >= 15 is 0 Å². The fraction of sp³-hybridized carbons (Fsp3) is 0.478. The van der Waals surface area contributed by atoms with Crippen molar-refractivity contribution < 1.29 is 9.59 Å². The summed E-state index contributed by atoms with van der Waals surface area (Å²) >= 11 is 3.14. The van der Waals surface area contributed by atoms with Crippen LogP contribution in [0, 0.1) is 0 Å². The molecular formula is C23H30N2O2S2. The maximum atomic E-state index is 12.6. The molecule has 0 radical (unpaired) electrons. The normalized spacial score (nSPS) is 15.3. The minimum absolute atomic E-state index is 0.0634. The summed E-state index contributed by atoms with van der Waals surface area (Å²) in [6.07, 6.45) is 9.27. The predicted octanol–water partition coefficient (Wildman–Crippen LogP) is 5.04. The highest BCUT2D eigenvalue weighted by atomic mass is 32.2. The van der Waals surface area contributed by atoms with E-state index in [4.69, 9.17) is 0 Å². The zero-order valence-corrected chi connectivity index (χ0v) is 18.5. The van der Waals surface area contributed by atoms with Gasteiger partial charge in [0, 0.05) is 22.4 Å². The molecule has 0 spiro atoms. The quantitative estimate of drug-likeness (QED) is 0.577. The van der Waals surface area contributed by atoms with Crippen molar-refractivity contribution in [3.05, 3.63) is 52.2 Å². The Morgan fingerprint density at radius 1 is 1.00 bits per heavy atom. The summed E-state index contributed by atoms with van der Waals surface area (Å²) in [6.45, 7) is 0.612. The summed E-state index contributed by atoms with van der Waals surface area (Å²) in [5, 5.41) is 8.24. The first-order chi connectivity index (χ1) is 14.2. The van der Waals surface area contributed by atoms with Gasteiger partial charge in [-0.25, -0.2) is 0 Å². The maximum Gasteiger partial charge on any atom is 0.252 e. The van der Waals surface area contributed by atoms with Crippen LogP contribution in [0.15, 0.2) is 46.7 Å². The van der Waals surface area contributed by atoms with Crippen LogP contribution in [0.1, 0.15) is 60.2 Å². The molecule has 0 unspecified atom stereocenters. The van der Waals surface area contributed by atoms with Gasteiger partial charge in [-0.05, 0) is 42.8 Å². The summed E-state index contributed by atoms with van der Waals surface area (Å²) < 4.78 is 0. The molecule has 29 heavy (non-hydrogen) atoms. The third-order valence-corrected chi connectivity index (χ3v) is 7.21. The number of rotatable bonds is 8. The molecule has 2 aromatic rings. The molecule has 0 saturated heterocycles. The Labute approximate surface area is 181 Å². The van der Waals surface area contributed by atoms with E-state index in [-0.39, 0.29) is 11.8 Å². The van der Waals surface area contributed by atoms with Crippen LogP contribution in [0.5, 0.6) is 0 Å². The first-order valence-corrected chi connectivity index (χ1v) is 12.4. The van der Waals surface area contributed by atoms with Crippen LogP contribution in [0.4, 0.5) is 0 Å². The zero-order chi connectivity index (χ0) is 20.3. The van der Waals surface area contributed by atoms with Gasteiger partial charge in [-0.2, -0.15) is 0 Å². The number of thioether (sulfide) groups is 1. The molecule has 2 amide bonds. The van der Waals surface area contributed by atoms with Crippen LogP contribution >= 0.6 is 23.1 Å². The second-order valence-corrected chi connectivity index (χ2v) is 9.53. The molecule has 1 aromatic carbocycles. The number of carbonyl (C=O) groups is 2. The second kappa shape index (κ2) is 12.0. The summed E-state index contributed by atoms with van der Waals surface area (Å²) in [7, 11) is 0. The van der Waals surface area contributed by atoms with Crippen molar-refractivity contribution in [1.29, 1.82) is 0 Å². The standard InChI is InChI=1S/C23H30N2O2S2/c26-22(25-18-9-4-2-1-3-5-10-18)17-29-21-13-7-6-12-20(21)23(27)24-15-14-19-11-8-16-28-19/h6-8,11-13,16,18H,1-5,9-10,14-15,17H2,(H,24,27)(H,25,26). The monoisotopic (exact) mass is 430 g/mol. The molecule has 1 fully saturated rings. The summed E-state index contributed by atoms with van der Waals surface area (Å²) in [5.41, 5.74) is 0.641. The highest BCUT2D eigenvalue weighted by molar-refractivity contribution is 8.00. The Kier molecular flexibility index (Phi) is 9.09. The lowest BCUT2D eigenvalue weighted by Crippen LogP contribution is -2.36. The summed E-state index contributed by atoms with van der Waals surface area (Å²) in [6, 6.07) is 11.9. The molecule has 6 heteroatoms. The first-order valence-electron chi connectivity index (χ1n) is 10.5. The van der Waals surface area contributed by atoms with E-state index < -0.39 is 0 Å². The van der Waals surface area contributed by atoms with Gasteiger partial charge in [0.05, 0.1) is 11.3 Å². The molecule has 1 saturated carbocycles. The first kappa shape index (κ1) is 21.9. The number of carbonyl (C=O) groups excluding carboxylic acids is 2. The fourth-order valence-electron chi connectivity index (χ4n) is 3.64. The Morgan fingerprint density at radius 2 is 1.76 bits per heavy atom. The van der Waals surface area contributed by atoms with Crippen molar-refractivity contribution in [2.75, 3.05) is 12.3 Å². The number of benzene rings is 1. The smallest absolute Gasteiger partial charge is 0.252 e. The highest BCUT2D eigenvalue weighted by Crippen LogP contribution is 2.23. The van der Waals surface area contributed by atoms with Gasteiger partial charge in [0.1, 0.15) is 0 Å². The second-order valence-electron chi connectivity index (χ2n) is 7.48. The number of hydrogen-bond acceptors (Lipinski definition) is 4. The number of hydrogen-bond donors (Lipinski definition) is 2. The topological polar surface area (TPSA) is 58.2 Å². The van der Waals surface area contributed by atoms with Gasteiger partial charge in [-0.3, -0.25) is 9.59 Å². The number of nitrogens with one attached hydrogen (secondary N) is 2. The van der Waals surface area contributed by atoms with Gasteiger partial charge >= 0.3 is 0 Å². The van der Waals surface area contributed by atoms with Crippen LogP contribution in [0.25, 0.3) is 0 Å². The Bertz CT molecular complexity index is 769. The van der Waals surface area contributed by atoms with Crippen molar-refractivity contribution in [3.8, 4) is 0 Å². The van der Waals surface area contributed by atoms with Crippen molar-refractivity contribution >= 4 is 34.9 Å². The van der Waals surface area contributed by atoms with Gasteiger partial charge in [0.15, 0.2) is 0 Å². The van der Waals surface area contributed by atoms with Crippen LogP contribution in [-0.4, -0.2) is 30.2 Å². The lowest BCUT2D eigenvalue weighted by Gasteiger charge is -2.21. The lowest BCUT2D eigenvalue weighted by molar-refractivity contribution is -0.119. The van der Waals surface area contributed by atoms with E-state index in [2.05, 4.69) is 16.7 Å². The van der Waals surface area contributed by atoms with Crippen molar-refractivity contribution in [1.82, 2.24) is 10.6 Å². The molecular weight excluding hydrogens is 400 g/mol. The maximum absolute atomic E-state index is 12.6. The predicted molar refractivity (Wildman–Crippen MR) is 122 cm³/mol. The Morgan fingerprint density at radius 3 is 2.52 bits per heavy atom.